The molecule has 26 heavy (non-hydrogen) atoms. The molecule has 0 spiro atoms. The number of carbonyl (C=O) groups excluding carboxylic acids is 2. The second kappa shape index (κ2) is 7.30. The summed E-state index contributed by atoms with van der Waals surface area (Å²) >= 11 is 0. The molecule has 1 fully saturated rings. The SMILES string of the molecule is O=C(O)c1ncccc1C(=O)N1CCN(Cc2ccc(F)cc2)C(=O)C1. The van der Waals surface area contributed by atoms with Gasteiger partial charge >= 0.3 is 5.97 Å². The Morgan fingerprint density at radius 1 is 1.15 bits per heavy atom. The minimum Gasteiger partial charge on any atom is -0.476 e. The van der Waals surface area contributed by atoms with Crippen LogP contribution in [0.1, 0.15) is 26.4 Å². The quantitative estimate of drug-likeness (QED) is 0.893. The van der Waals surface area contributed by atoms with Crippen LogP contribution in [0.25, 0.3) is 0 Å². The lowest BCUT2D eigenvalue weighted by Crippen LogP contribution is -2.52. The van der Waals surface area contributed by atoms with Crippen LogP contribution in [0.3, 0.4) is 0 Å². The van der Waals surface area contributed by atoms with E-state index in [9.17, 15) is 18.8 Å². The van der Waals surface area contributed by atoms with Crippen LogP contribution in [0.15, 0.2) is 42.6 Å². The first-order valence-corrected chi connectivity index (χ1v) is 7.95. The van der Waals surface area contributed by atoms with E-state index in [1.165, 1.54) is 35.4 Å². The fourth-order valence-electron chi connectivity index (χ4n) is 2.78. The van der Waals surface area contributed by atoms with Gasteiger partial charge < -0.3 is 14.9 Å². The van der Waals surface area contributed by atoms with Crippen LogP contribution in [0.5, 0.6) is 0 Å². The standard InChI is InChI=1S/C18H16FN3O4/c19-13-5-3-12(4-6-13)10-21-8-9-22(11-15(21)23)17(24)14-2-1-7-20-16(14)18(25)26/h1-7H,8-11H2,(H,25,26). The third-order valence-electron chi connectivity index (χ3n) is 4.13. The van der Waals surface area contributed by atoms with Gasteiger partial charge in [0.25, 0.3) is 5.91 Å². The summed E-state index contributed by atoms with van der Waals surface area (Å²) < 4.78 is 13.0. The first-order valence-electron chi connectivity index (χ1n) is 7.95. The number of carboxylic acids is 1. The molecule has 0 atom stereocenters. The normalized spacial score (nSPS) is 14.4. The molecule has 0 bridgehead atoms. The van der Waals surface area contributed by atoms with Crippen molar-refractivity contribution in [1.29, 1.82) is 0 Å². The number of hydrogen-bond donors (Lipinski definition) is 1. The monoisotopic (exact) mass is 357 g/mol. The summed E-state index contributed by atoms with van der Waals surface area (Å²) in [6.07, 6.45) is 1.30. The third-order valence-corrected chi connectivity index (χ3v) is 4.13. The number of benzene rings is 1. The first kappa shape index (κ1) is 17.5. The summed E-state index contributed by atoms with van der Waals surface area (Å²) in [6.45, 7) is 0.771. The number of pyridine rings is 1. The predicted octanol–water partition coefficient (Wildman–Crippen LogP) is 1.40. The van der Waals surface area contributed by atoms with E-state index in [2.05, 4.69) is 4.98 Å². The van der Waals surface area contributed by atoms with E-state index in [4.69, 9.17) is 5.11 Å². The number of carbonyl (C=O) groups is 3. The highest BCUT2D eigenvalue weighted by atomic mass is 19.1. The van der Waals surface area contributed by atoms with Crippen molar-refractivity contribution in [3.05, 3.63) is 65.2 Å². The van der Waals surface area contributed by atoms with Crippen molar-refractivity contribution < 1.29 is 23.9 Å². The third kappa shape index (κ3) is 3.69. The largest absolute Gasteiger partial charge is 0.476 e. The Labute approximate surface area is 148 Å². The predicted molar refractivity (Wildman–Crippen MR) is 88.9 cm³/mol. The lowest BCUT2D eigenvalue weighted by atomic mass is 10.1. The molecule has 7 nitrogen and oxygen atoms in total. The van der Waals surface area contributed by atoms with E-state index in [1.807, 2.05) is 0 Å². The minimum absolute atomic E-state index is 0.0419. The maximum absolute atomic E-state index is 13.0. The zero-order valence-electron chi connectivity index (χ0n) is 13.8. The molecule has 2 aromatic rings. The van der Waals surface area contributed by atoms with Crippen LogP contribution in [0, 0.1) is 5.82 Å². The van der Waals surface area contributed by atoms with Crippen LogP contribution >= 0.6 is 0 Å². The first-order chi connectivity index (χ1) is 12.5. The Hall–Kier alpha value is -3.29. The number of piperazine rings is 1. The van der Waals surface area contributed by atoms with E-state index >= 15 is 0 Å². The van der Waals surface area contributed by atoms with E-state index in [0.717, 1.165) is 5.56 Å². The molecule has 0 saturated carbocycles. The van der Waals surface area contributed by atoms with Crippen molar-refractivity contribution in [2.24, 2.45) is 0 Å². The van der Waals surface area contributed by atoms with Gasteiger partial charge in [0.05, 0.1) is 5.56 Å². The molecular weight excluding hydrogens is 341 g/mol. The van der Waals surface area contributed by atoms with Crippen LogP contribution in [0.2, 0.25) is 0 Å². The Kier molecular flexibility index (Phi) is 4.92. The van der Waals surface area contributed by atoms with Crippen molar-refractivity contribution in [2.75, 3.05) is 19.6 Å². The molecule has 1 aromatic carbocycles. The molecule has 0 aliphatic carbocycles. The van der Waals surface area contributed by atoms with Gasteiger partial charge in [0.15, 0.2) is 5.69 Å². The van der Waals surface area contributed by atoms with Gasteiger partial charge in [0, 0.05) is 25.8 Å². The highest BCUT2D eigenvalue weighted by Gasteiger charge is 2.30. The molecule has 3 rings (SSSR count). The van der Waals surface area contributed by atoms with E-state index in [1.54, 1.807) is 17.0 Å². The van der Waals surface area contributed by atoms with Gasteiger partial charge in [-0.25, -0.2) is 14.2 Å². The van der Waals surface area contributed by atoms with E-state index in [-0.39, 0.29) is 36.1 Å². The smallest absolute Gasteiger partial charge is 0.355 e. The molecule has 2 amide bonds. The van der Waals surface area contributed by atoms with E-state index in [0.29, 0.717) is 13.1 Å². The van der Waals surface area contributed by atoms with Crippen molar-refractivity contribution >= 4 is 17.8 Å². The van der Waals surface area contributed by atoms with Crippen molar-refractivity contribution in [3.8, 4) is 0 Å². The molecule has 1 saturated heterocycles. The van der Waals surface area contributed by atoms with E-state index < -0.39 is 11.9 Å². The summed E-state index contributed by atoms with van der Waals surface area (Å²) in [5.74, 6) is -2.43. The zero-order chi connectivity index (χ0) is 18.7. The van der Waals surface area contributed by atoms with Crippen LogP contribution < -0.4 is 0 Å². The van der Waals surface area contributed by atoms with Gasteiger partial charge in [-0.3, -0.25) is 9.59 Å². The van der Waals surface area contributed by atoms with Gasteiger partial charge in [-0.2, -0.15) is 0 Å². The van der Waals surface area contributed by atoms with Crippen molar-refractivity contribution in [2.45, 2.75) is 6.54 Å². The van der Waals surface area contributed by atoms with Gasteiger partial charge in [-0.05, 0) is 29.8 Å². The average molecular weight is 357 g/mol. The van der Waals surface area contributed by atoms with Gasteiger partial charge in [0.1, 0.15) is 12.4 Å². The van der Waals surface area contributed by atoms with Crippen molar-refractivity contribution in [1.82, 2.24) is 14.8 Å². The molecule has 0 radical (unpaired) electrons. The zero-order valence-corrected chi connectivity index (χ0v) is 13.8. The summed E-state index contributed by atoms with van der Waals surface area (Å²) in [5.41, 5.74) is 0.415. The highest BCUT2D eigenvalue weighted by Crippen LogP contribution is 2.15. The van der Waals surface area contributed by atoms with Gasteiger partial charge in [-0.15, -0.1) is 0 Å². The van der Waals surface area contributed by atoms with Gasteiger partial charge in [-0.1, -0.05) is 12.1 Å². The number of nitrogens with zero attached hydrogens (tertiary/aromatic N) is 3. The number of halogens is 1. The Morgan fingerprint density at radius 2 is 1.88 bits per heavy atom. The number of rotatable bonds is 4. The number of amides is 2. The summed E-state index contributed by atoms with van der Waals surface area (Å²) in [7, 11) is 0. The van der Waals surface area contributed by atoms with Gasteiger partial charge in [0.2, 0.25) is 5.91 Å². The molecule has 0 unspecified atom stereocenters. The highest BCUT2D eigenvalue weighted by molar-refractivity contribution is 6.04. The molecule has 1 aliphatic heterocycles. The van der Waals surface area contributed by atoms with Crippen LogP contribution in [0.4, 0.5) is 4.39 Å². The maximum Gasteiger partial charge on any atom is 0.355 e. The second-order valence-electron chi connectivity index (χ2n) is 5.87. The molecule has 1 aliphatic rings. The summed E-state index contributed by atoms with van der Waals surface area (Å²) in [5, 5.41) is 9.16. The molecule has 134 valence electrons. The average Bonchev–Trinajstić information content (AvgIpc) is 2.64. The Morgan fingerprint density at radius 3 is 2.54 bits per heavy atom. The summed E-state index contributed by atoms with van der Waals surface area (Å²) in [4.78, 5) is 42.8. The lowest BCUT2D eigenvalue weighted by Gasteiger charge is -2.34. The lowest BCUT2D eigenvalue weighted by molar-refractivity contribution is -0.135. The Balaban J connectivity index is 1.69. The van der Waals surface area contributed by atoms with Crippen LogP contribution in [-0.4, -0.2) is 57.3 Å². The maximum atomic E-state index is 13.0. The second-order valence-corrected chi connectivity index (χ2v) is 5.87. The number of carboxylic acid groups (broad SMARTS) is 1. The number of aromatic carboxylic acids is 1. The molecular formula is C18H16FN3O4. The minimum atomic E-state index is -1.30. The molecule has 1 aromatic heterocycles. The number of aromatic nitrogens is 1. The number of hydrogen-bond acceptors (Lipinski definition) is 4. The fraction of sp³-hybridized carbons (Fsp3) is 0.222. The molecule has 1 N–H and O–H groups in total. The van der Waals surface area contributed by atoms with Crippen molar-refractivity contribution in [3.63, 3.8) is 0 Å². The fourth-order valence-corrected chi connectivity index (χ4v) is 2.78. The summed E-state index contributed by atoms with van der Waals surface area (Å²) in [6, 6.07) is 8.73. The molecule has 2 heterocycles. The topological polar surface area (TPSA) is 90.8 Å². The van der Waals surface area contributed by atoms with Crippen LogP contribution in [-0.2, 0) is 11.3 Å². The Bertz CT molecular complexity index is 854. The molecule has 8 heteroatoms.